The first kappa shape index (κ1) is 16.4. The summed E-state index contributed by atoms with van der Waals surface area (Å²) >= 11 is 0. The first-order valence-corrected chi connectivity index (χ1v) is 8.92. The number of hydrogen-bond acceptors (Lipinski definition) is 4. The molecule has 118 valence electrons. The Labute approximate surface area is 127 Å². The highest BCUT2D eigenvalue weighted by Gasteiger charge is 2.31. The number of nitrogens with zero attached hydrogens (tertiary/aromatic N) is 1. The van der Waals surface area contributed by atoms with Gasteiger partial charge in [-0.05, 0) is 43.0 Å². The second-order valence-electron chi connectivity index (χ2n) is 5.52. The van der Waals surface area contributed by atoms with E-state index in [1.54, 1.807) is 12.1 Å². The third kappa shape index (κ3) is 4.03. The molecule has 6 heteroatoms. The lowest BCUT2D eigenvalue weighted by molar-refractivity contribution is 0.233. The molecule has 5 nitrogen and oxygen atoms in total. The van der Waals surface area contributed by atoms with Crippen molar-refractivity contribution in [3.8, 4) is 0 Å². The monoisotopic (exact) mass is 312 g/mol. The molecule has 1 heterocycles. The summed E-state index contributed by atoms with van der Waals surface area (Å²) in [6.07, 6.45) is 1.81. The third-order valence-corrected chi connectivity index (χ3v) is 5.70. The van der Waals surface area contributed by atoms with E-state index < -0.39 is 10.0 Å². The molecular formula is C15H24N2O3S. The summed E-state index contributed by atoms with van der Waals surface area (Å²) in [4.78, 5) is 0.334. The van der Waals surface area contributed by atoms with Gasteiger partial charge < -0.3 is 10.4 Å². The number of nitrogens with one attached hydrogen (secondary N) is 1. The Morgan fingerprint density at radius 2 is 2.05 bits per heavy atom. The molecule has 2 N–H and O–H groups in total. The van der Waals surface area contributed by atoms with Gasteiger partial charge in [-0.3, -0.25) is 0 Å². The van der Waals surface area contributed by atoms with Gasteiger partial charge in [0, 0.05) is 26.2 Å². The summed E-state index contributed by atoms with van der Waals surface area (Å²) in [6, 6.07) is 7.05. The van der Waals surface area contributed by atoms with Crippen LogP contribution >= 0.6 is 0 Å². The van der Waals surface area contributed by atoms with Crippen molar-refractivity contribution in [2.24, 2.45) is 5.92 Å². The highest BCUT2D eigenvalue weighted by Crippen LogP contribution is 2.24. The molecule has 1 fully saturated rings. The lowest BCUT2D eigenvalue weighted by atomic mass is 10.1. The molecule has 0 aromatic heterocycles. The van der Waals surface area contributed by atoms with Crippen molar-refractivity contribution in [1.29, 1.82) is 0 Å². The van der Waals surface area contributed by atoms with Crippen molar-refractivity contribution in [2.45, 2.75) is 31.2 Å². The summed E-state index contributed by atoms with van der Waals surface area (Å²) in [7, 11) is -3.42. The van der Waals surface area contributed by atoms with E-state index in [-0.39, 0.29) is 12.5 Å². The molecule has 0 saturated carbocycles. The molecule has 0 bridgehead atoms. The molecule has 2 rings (SSSR count). The van der Waals surface area contributed by atoms with Gasteiger partial charge in [-0.25, -0.2) is 8.42 Å². The van der Waals surface area contributed by atoms with Crippen LogP contribution in [0.1, 0.15) is 25.3 Å². The number of benzene rings is 1. The van der Waals surface area contributed by atoms with E-state index in [4.69, 9.17) is 5.11 Å². The number of aliphatic hydroxyl groups is 1. The largest absolute Gasteiger partial charge is 0.396 e. The summed E-state index contributed by atoms with van der Waals surface area (Å²) in [5.74, 6) is 0.0669. The second-order valence-corrected chi connectivity index (χ2v) is 7.46. The van der Waals surface area contributed by atoms with Crippen molar-refractivity contribution >= 4 is 10.0 Å². The Kier molecular flexibility index (Phi) is 5.75. The molecular weight excluding hydrogens is 288 g/mol. The normalized spacial score (nSPS) is 20.0. The number of sulfonamides is 1. The van der Waals surface area contributed by atoms with Crippen LogP contribution in [0.2, 0.25) is 0 Å². The maximum absolute atomic E-state index is 12.5. The van der Waals surface area contributed by atoms with E-state index in [1.165, 1.54) is 4.31 Å². The van der Waals surface area contributed by atoms with E-state index >= 15 is 0 Å². The van der Waals surface area contributed by atoms with E-state index in [9.17, 15) is 8.42 Å². The van der Waals surface area contributed by atoms with E-state index in [1.807, 2.05) is 12.1 Å². The minimum Gasteiger partial charge on any atom is -0.396 e. The van der Waals surface area contributed by atoms with Gasteiger partial charge in [-0.2, -0.15) is 4.31 Å². The topological polar surface area (TPSA) is 69.6 Å². The Morgan fingerprint density at radius 1 is 1.33 bits per heavy atom. The minimum absolute atomic E-state index is 0.0497. The van der Waals surface area contributed by atoms with Gasteiger partial charge in [0.25, 0.3) is 0 Å². The Balaban J connectivity index is 2.03. The molecule has 1 aromatic rings. The van der Waals surface area contributed by atoms with Gasteiger partial charge in [0.1, 0.15) is 0 Å². The second kappa shape index (κ2) is 7.35. The van der Waals surface area contributed by atoms with Crippen molar-refractivity contribution in [1.82, 2.24) is 9.62 Å². The van der Waals surface area contributed by atoms with Crippen molar-refractivity contribution in [2.75, 3.05) is 26.2 Å². The molecule has 21 heavy (non-hydrogen) atoms. The summed E-state index contributed by atoms with van der Waals surface area (Å²) in [6.45, 7) is 4.78. The molecule has 1 aliphatic rings. The zero-order valence-corrected chi connectivity index (χ0v) is 13.3. The minimum atomic E-state index is -3.42. The van der Waals surface area contributed by atoms with Crippen LogP contribution in [-0.2, 0) is 16.6 Å². The van der Waals surface area contributed by atoms with Gasteiger partial charge in [0.15, 0.2) is 0 Å². The highest BCUT2D eigenvalue weighted by atomic mass is 32.2. The molecule has 1 atom stereocenters. The fourth-order valence-corrected chi connectivity index (χ4v) is 4.03. The van der Waals surface area contributed by atoms with E-state index in [0.29, 0.717) is 18.0 Å². The van der Waals surface area contributed by atoms with Crippen LogP contribution in [0.15, 0.2) is 29.2 Å². The quantitative estimate of drug-likeness (QED) is 0.742. The molecule has 0 amide bonds. The molecule has 0 aliphatic carbocycles. The zero-order valence-electron chi connectivity index (χ0n) is 12.5. The lowest BCUT2D eigenvalue weighted by Gasteiger charge is -2.16. The van der Waals surface area contributed by atoms with E-state index in [2.05, 4.69) is 12.2 Å². The number of rotatable bonds is 7. The van der Waals surface area contributed by atoms with Crippen molar-refractivity contribution in [3.63, 3.8) is 0 Å². The predicted octanol–water partition coefficient (Wildman–Crippen LogP) is 1.19. The van der Waals surface area contributed by atoms with Gasteiger partial charge in [-0.1, -0.05) is 19.1 Å². The predicted molar refractivity (Wildman–Crippen MR) is 82.4 cm³/mol. The molecule has 1 aliphatic heterocycles. The van der Waals surface area contributed by atoms with Gasteiger partial charge in [0.05, 0.1) is 4.90 Å². The van der Waals surface area contributed by atoms with Crippen molar-refractivity contribution < 1.29 is 13.5 Å². The van der Waals surface area contributed by atoms with E-state index in [0.717, 1.165) is 31.5 Å². The average Bonchev–Trinajstić information content (AvgIpc) is 2.98. The first-order chi connectivity index (χ1) is 10.1. The first-order valence-electron chi connectivity index (χ1n) is 7.48. The summed E-state index contributed by atoms with van der Waals surface area (Å²) in [5.41, 5.74) is 1.08. The number of aliphatic hydroxyl groups excluding tert-OH is 1. The zero-order chi connectivity index (χ0) is 15.3. The maximum atomic E-state index is 12.5. The lowest BCUT2D eigenvalue weighted by Crippen LogP contribution is -2.29. The van der Waals surface area contributed by atoms with Crippen molar-refractivity contribution in [3.05, 3.63) is 29.8 Å². The van der Waals surface area contributed by atoms with Gasteiger partial charge in [0.2, 0.25) is 10.0 Å². The molecule has 1 unspecified atom stereocenters. The van der Waals surface area contributed by atoms with Crippen LogP contribution in [-0.4, -0.2) is 44.1 Å². The molecule has 0 spiro atoms. The van der Waals surface area contributed by atoms with Crippen LogP contribution in [0.5, 0.6) is 0 Å². The summed E-state index contributed by atoms with van der Waals surface area (Å²) < 4.78 is 26.5. The van der Waals surface area contributed by atoms with Gasteiger partial charge in [-0.15, -0.1) is 0 Å². The summed E-state index contributed by atoms with van der Waals surface area (Å²) in [5, 5.41) is 12.4. The average molecular weight is 312 g/mol. The Morgan fingerprint density at radius 3 is 2.62 bits per heavy atom. The molecule has 1 aromatic carbocycles. The van der Waals surface area contributed by atoms with Crippen LogP contribution in [0.25, 0.3) is 0 Å². The molecule has 0 radical (unpaired) electrons. The van der Waals surface area contributed by atoms with Crippen LogP contribution < -0.4 is 5.32 Å². The fourth-order valence-electron chi connectivity index (χ4n) is 2.50. The standard InChI is InChI=1S/C15H24N2O3S/c1-2-8-16-10-13-3-5-15(6-4-13)21(19,20)17-9-7-14(11-17)12-18/h3-6,14,16,18H,2,7-12H2,1H3. The Hall–Kier alpha value is -0.950. The highest BCUT2D eigenvalue weighted by molar-refractivity contribution is 7.89. The smallest absolute Gasteiger partial charge is 0.243 e. The Bertz CT molecular complexity index is 543. The van der Waals surface area contributed by atoms with Crippen LogP contribution in [0.3, 0.4) is 0 Å². The fraction of sp³-hybridized carbons (Fsp3) is 0.600. The maximum Gasteiger partial charge on any atom is 0.243 e. The molecule has 1 saturated heterocycles. The third-order valence-electron chi connectivity index (χ3n) is 3.82. The SMILES string of the molecule is CCCNCc1ccc(S(=O)(=O)N2CCC(CO)C2)cc1. The van der Waals surface area contributed by atoms with Crippen LogP contribution in [0, 0.1) is 5.92 Å². The number of hydrogen-bond donors (Lipinski definition) is 2. The van der Waals surface area contributed by atoms with Gasteiger partial charge >= 0.3 is 0 Å². The van der Waals surface area contributed by atoms with Crippen LogP contribution in [0.4, 0.5) is 0 Å².